The van der Waals surface area contributed by atoms with Gasteiger partial charge in [0.05, 0.1) is 11.6 Å². The number of unbranched alkanes of at least 4 members (excludes halogenated alkanes) is 1. The van der Waals surface area contributed by atoms with Gasteiger partial charge in [0.2, 0.25) is 6.23 Å². The zero-order valence-electron chi connectivity index (χ0n) is 15.2. The van der Waals surface area contributed by atoms with E-state index >= 15 is 0 Å². The van der Waals surface area contributed by atoms with Gasteiger partial charge in [-0.3, -0.25) is 4.79 Å². The van der Waals surface area contributed by atoms with E-state index in [-0.39, 0.29) is 18.1 Å². The van der Waals surface area contributed by atoms with Crippen molar-refractivity contribution in [2.45, 2.75) is 52.2 Å². The fourth-order valence-corrected chi connectivity index (χ4v) is 4.71. The molecule has 0 aliphatic carbocycles. The van der Waals surface area contributed by atoms with Gasteiger partial charge in [-0.25, -0.2) is 5.01 Å². The molecule has 0 saturated carbocycles. The van der Waals surface area contributed by atoms with Crippen molar-refractivity contribution in [2.75, 3.05) is 16.5 Å². The largest absolute Gasteiger partial charge is 0.439 e. The Morgan fingerprint density at radius 2 is 2.12 bits per heavy atom. The maximum absolute atomic E-state index is 12.3. The van der Waals surface area contributed by atoms with Crippen molar-refractivity contribution in [1.29, 1.82) is 0 Å². The predicted octanol–water partition coefficient (Wildman–Crippen LogP) is 4.70. The van der Waals surface area contributed by atoms with Crippen molar-refractivity contribution in [3.8, 4) is 0 Å². The Labute approximate surface area is 155 Å². The van der Waals surface area contributed by atoms with Crippen molar-refractivity contribution >= 4 is 29.1 Å². The molecule has 5 heteroatoms. The van der Waals surface area contributed by atoms with E-state index in [1.807, 2.05) is 42.3 Å². The van der Waals surface area contributed by atoms with Crippen molar-refractivity contribution in [1.82, 2.24) is 0 Å². The highest BCUT2D eigenvalue weighted by molar-refractivity contribution is 7.99. The molecule has 1 aromatic rings. The molecule has 2 aliphatic heterocycles. The lowest BCUT2D eigenvalue weighted by molar-refractivity contribution is -0.150. The number of para-hydroxylation sites is 1. The van der Waals surface area contributed by atoms with Crippen molar-refractivity contribution in [3.05, 3.63) is 30.3 Å². The second-order valence-electron chi connectivity index (χ2n) is 7.07. The van der Waals surface area contributed by atoms with Crippen molar-refractivity contribution in [2.24, 2.45) is 16.9 Å². The standard InChI is InChI=1S/C20H28N2O2S/c1-15-16(2)21-22(18-9-4-3-5-10-18)20(15)24-19(23)11-7-6-8-17-12-13-25-14-17/h3-5,9-10,15,17,20H,6-8,11-14H2,1-2H3. The quantitative estimate of drug-likeness (QED) is 0.522. The highest BCUT2D eigenvalue weighted by Gasteiger charge is 2.35. The first kappa shape index (κ1) is 18.3. The van der Waals surface area contributed by atoms with E-state index in [1.54, 1.807) is 0 Å². The molecular formula is C20H28N2O2S. The van der Waals surface area contributed by atoms with Crippen LogP contribution in [0.25, 0.3) is 0 Å². The van der Waals surface area contributed by atoms with E-state index < -0.39 is 0 Å². The molecule has 0 bridgehead atoms. The molecule has 3 rings (SSSR count). The van der Waals surface area contributed by atoms with Crippen LogP contribution in [0.15, 0.2) is 35.4 Å². The second-order valence-corrected chi connectivity index (χ2v) is 8.22. The number of hydrogen-bond acceptors (Lipinski definition) is 5. The molecule has 0 radical (unpaired) electrons. The third-order valence-corrected chi connectivity index (χ3v) is 6.36. The first-order valence-corrected chi connectivity index (χ1v) is 10.5. The van der Waals surface area contributed by atoms with Gasteiger partial charge in [-0.05, 0) is 55.7 Å². The van der Waals surface area contributed by atoms with Gasteiger partial charge in [-0.1, -0.05) is 31.5 Å². The molecule has 1 aromatic carbocycles. The Balaban J connectivity index is 1.48. The summed E-state index contributed by atoms with van der Waals surface area (Å²) in [5.74, 6) is 3.47. The summed E-state index contributed by atoms with van der Waals surface area (Å²) in [4.78, 5) is 12.3. The van der Waals surface area contributed by atoms with Crippen LogP contribution in [-0.4, -0.2) is 29.4 Å². The third-order valence-electron chi connectivity index (χ3n) is 5.13. The van der Waals surface area contributed by atoms with Crippen LogP contribution in [0.4, 0.5) is 5.69 Å². The van der Waals surface area contributed by atoms with Crippen LogP contribution in [0, 0.1) is 11.8 Å². The molecule has 3 atom stereocenters. The van der Waals surface area contributed by atoms with E-state index in [1.165, 1.54) is 24.3 Å². The van der Waals surface area contributed by atoms with Gasteiger partial charge in [0.1, 0.15) is 0 Å². The number of hydrazone groups is 1. The molecule has 0 amide bonds. The second kappa shape index (κ2) is 8.75. The number of rotatable bonds is 7. The van der Waals surface area contributed by atoms with Crippen LogP contribution in [0.1, 0.15) is 46.0 Å². The lowest BCUT2D eigenvalue weighted by Gasteiger charge is -2.26. The SMILES string of the molecule is CC1=NN(c2ccccc2)C(OC(=O)CCCCC2CCSC2)C1C. The zero-order chi connectivity index (χ0) is 17.6. The summed E-state index contributed by atoms with van der Waals surface area (Å²) in [5, 5.41) is 6.43. The molecule has 0 N–H and O–H groups in total. The Kier molecular flexibility index (Phi) is 6.40. The Bertz CT molecular complexity index is 599. The molecule has 1 saturated heterocycles. The highest BCUT2D eigenvalue weighted by atomic mass is 32.2. The van der Waals surface area contributed by atoms with Gasteiger partial charge in [0, 0.05) is 12.1 Å². The molecule has 25 heavy (non-hydrogen) atoms. The summed E-state index contributed by atoms with van der Waals surface area (Å²) in [6.07, 6.45) is 4.81. The fraction of sp³-hybridized carbons (Fsp3) is 0.600. The normalized spacial score (nSPS) is 25.9. The van der Waals surface area contributed by atoms with Crippen LogP contribution in [0.5, 0.6) is 0 Å². The maximum atomic E-state index is 12.3. The minimum Gasteiger partial charge on any atom is -0.439 e. The molecular weight excluding hydrogens is 332 g/mol. The Morgan fingerprint density at radius 1 is 1.32 bits per heavy atom. The number of thioether (sulfide) groups is 1. The summed E-state index contributed by atoms with van der Waals surface area (Å²) < 4.78 is 5.80. The number of benzene rings is 1. The number of ether oxygens (including phenoxy) is 1. The molecule has 3 unspecified atom stereocenters. The van der Waals surface area contributed by atoms with Crippen LogP contribution in [-0.2, 0) is 9.53 Å². The molecule has 2 heterocycles. The zero-order valence-corrected chi connectivity index (χ0v) is 16.0. The third kappa shape index (κ3) is 4.78. The molecule has 0 spiro atoms. The topological polar surface area (TPSA) is 41.9 Å². The van der Waals surface area contributed by atoms with Gasteiger partial charge in [0.15, 0.2) is 0 Å². The van der Waals surface area contributed by atoms with Crippen LogP contribution >= 0.6 is 11.8 Å². The van der Waals surface area contributed by atoms with E-state index in [4.69, 9.17) is 4.74 Å². The molecule has 4 nitrogen and oxygen atoms in total. The van der Waals surface area contributed by atoms with Gasteiger partial charge in [-0.2, -0.15) is 16.9 Å². The first-order chi connectivity index (χ1) is 12.1. The first-order valence-electron chi connectivity index (χ1n) is 9.32. The highest BCUT2D eigenvalue weighted by Crippen LogP contribution is 2.30. The van der Waals surface area contributed by atoms with Gasteiger partial charge >= 0.3 is 5.97 Å². The van der Waals surface area contributed by atoms with Gasteiger partial charge in [0.25, 0.3) is 0 Å². The summed E-state index contributed by atoms with van der Waals surface area (Å²) in [7, 11) is 0. The number of hydrogen-bond donors (Lipinski definition) is 0. The van der Waals surface area contributed by atoms with Crippen LogP contribution < -0.4 is 5.01 Å². The van der Waals surface area contributed by atoms with Crippen LogP contribution in [0.2, 0.25) is 0 Å². The molecule has 136 valence electrons. The number of anilines is 1. The average Bonchev–Trinajstić information content (AvgIpc) is 3.23. The lowest BCUT2D eigenvalue weighted by atomic mass is 10.0. The summed E-state index contributed by atoms with van der Waals surface area (Å²) >= 11 is 2.06. The predicted molar refractivity (Wildman–Crippen MR) is 105 cm³/mol. The molecule has 0 aromatic heterocycles. The summed E-state index contributed by atoms with van der Waals surface area (Å²) in [6, 6.07) is 9.92. The van der Waals surface area contributed by atoms with Gasteiger partial charge < -0.3 is 4.74 Å². The molecule has 1 fully saturated rings. The minimum absolute atomic E-state index is 0.108. The number of carbonyl (C=O) groups excluding carboxylic acids is 1. The van der Waals surface area contributed by atoms with E-state index in [2.05, 4.69) is 23.8 Å². The van der Waals surface area contributed by atoms with Crippen molar-refractivity contribution < 1.29 is 9.53 Å². The Hall–Kier alpha value is -1.49. The van der Waals surface area contributed by atoms with E-state index in [0.29, 0.717) is 6.42 Å². The minimum atomic E-state index is -0.332. The molecule has 2 aliphatic rings. The summed E-state index contributed by atoms with van der Waals surface area (Å²) in [5.41, 5.74) is 1.96. The van der Waals surface area contributed by atoms with E-state index in [0.717, 1.165) is 30.2 Å². The van der Waals surface area contributed by atoms with Crippen LogP contribution in [0.3, 0.4) is 0 Å². The maximum Gasteiger partial charge on any atom is 0.307 e. The monoisotopic (exact) mass is 360 g/mol. The fourth-order valence-electron chi connectivity index (χ4n) is 3.38. The smallest absolute Gasteiger partial charge is 0.307 e. The van der Waals surface area contributed by atoms with Gasteiger partial charge in [-0.15, -0.1) is 0 Å². The summed E-state index contributed by atoms with van der Waals surface area (Å²) in [6.45, 7) is 4.06. The number of nitrogens with zero attached hydrogens (tertiary/aromatic N) is 2. The average molecular weight is 361 g/mol. The lowest BCUT2D eigenvalue weighted by Crippen LogP contribution is -2.36. The number of esters is 1. The number of carbonyl (C=O) groups is 1. The van der Waals surface area contributed by atoms with E-state index in [9.17, 15) is 4.79 Å². The Morgan fingerprint density at radius 3 is 2.84 bits per heavy atom. The van der Waals surface area contributed by atoms with Crippen molar-refractivity contribution in [3.63, 3.8) is 0 Å².